The summed E-state index contributed by atoms with van der Waals surface area (Å²) in [5.41, 5.74) is 0. The van der Waals surface area contributed by atoms with Crippen LogP contribution in [0.5, 0.6) is 0 Å². The van der Waals surface area contributed by atoms with Gasteiger partial charge in [0.05, 0.1) is 0 Å². The lowest BCUT2D eigenvalue weighted by molar-refractivity contribution is 0.210. The van der Waals surface area contributed by atoms with Crippen LogP contribution in [0.1, 0.15) is 26.2 Å². The quantitative estimate of drug-likeness (QED) is 0.762. The molecular weight excluding hydrogens is 210 g/mol. The lowest BCUT2D eigenvalue weighted by Crippen LogP contribution is -2.38. The minimum atomic E-state index is 0.839. The Hall–Kier alpha value is -0.120. The fraction of sp³-hybridized carbons (Fsp3) is 1.00. The molecule has 0 aromatic rings. The molecule has 3 aliphatic heterocycles. The zero-order valence-electron chi connectivity index (χ0n) is 10.9. The third-order valence-electron chi connectivity index (χ3n) is 5.55. The van der Waals surface area contributed by atoms with Crippen LogP contribution in [-0.4, -0.2) is 60.6 Å². The molecule has 3 nitrogen and oxygen atoms in total. The van der Waals surface area contributed by atoms with E-state index in [-0.39, 0.29) is 0 Å². The van der Waals surface area contributed by atoms with Crippen molar-refractivity contribution in [2.75, 3.05) is 32.7 Å². The maximum atomic E-state index is 3.54. The molecule has 96 valence electrons. The van der Waals surface area contributed by atoms with Crippen LogP contribution in [0.25, 0.3) is 0 Å². The van der Waals surface area contributed by atoms with Gasteiger partial charge in [-0.25, -0.2) is 0 Å². The van der Waals surface area contributed by atoms with Crippen molar-refractivity contribution in [3.63, 3.8) is 0 Å². The first kappa shape index (κ1) is 10.8. The van der Waals surface area contributed by atoms with Crippen LogP contribution in [0.15, 0.2) is 0 Å². The normalized spacial score (nSPS) is 47.8. The fourth-order valence-corrected chi connectivity index (χ4v) is 4.40. The van der Waals surface area contributed by atoms with Crippen molar-refractivity contribution in [3.8, 4) is 0 Å². The molecule has 1 aliphatic carbocycles. The van der Waals surface area contributed by atoms with E-state index in [1.807, 2.05) is 0 Å². The maximum absolute atomic E-state index is 3.54. The van der Waals surface area contributed by atoms with Gasteiger partial charge in [0.2, 0.25) is 0 Å². The molecule has 3 heterocycles. The summed E-state index contributed by atoms with van der Waals surface area (Å²) >= 11 is 0. The Morgan fingerprint density at radius 2 is 1.65 bits per heavy atom. The fourth-order valence-electron chi connectivity index (χ4n) is 4.40. The van der Waals surface area contributed by atoms with Crippen molar-refractivity contribution in [2.45, 2.75) is 44.3 Å². The highest BCUT2D eigenvalue weighted by Gasteiger charge is 2.44. The van der Waals surface area contributed by atoms with Crippen LogP contribution in [0.4, 0.5) is 0 Å². The van der Waals surface area contributed by atoms with E-state index in [4.69, 9.17) is 0 Å². The summed E-state index contributed by atoms with van der Waals surface area (Å²) in [5, 5.41) is 3.54. The third-order valence-corrected chi connectivity index (χ3v) is 5.55. The number of hydrogen-bond acceptors (Lipinski definition) is 3. The lowest BCUT2D eigenvalue weighted by atomic mass is 10.0. The second-order valence-electron chi connectivity index (χ2n) is 6.80. The monoisotopic (exact) mass is 235 g/mol. The number of likely N-dealkylation sites (tertiary alicyclic amines) is 2. The zero-order valence-corrected chi connectivity index (χ0v) is 10.9. The molecule has 3 heteroatoms. The predicted molar refractivity (Wildman–Crippen MR) is 69.0 cm³/mol. The summed E-state index contributed by atoms with van der Waals surface area (Å²) in [7, 11) is 0. The van der Waals surface area contributed by atoms with Crippen LogP contribution >= 0.6 is 0 Å². The summed E-state index contributed by atoms with van der Waals surface area (Å²) in [6.45, 7) is 9.09. The molecule has 1 saturated carbocycles. The SMILES string of the molecule is CC1CC(N2CC3CNCC3C2)CN1C1CC1. The molecule has 4 atom stereocenters. The highest BCUT2D eigenvalue weighted by molar-refractivity contribution is 5.00. The first-order valence-corrected chi connectivity index (χ1v) is 7.52. The van der Waals surface area contributed by atoms with Gasteiger partial charge in [-0.05, 0) is 51.1 Å². The first-order valence-electron chi connectivity index (χ1n) is 7.52. The molecule has 0 amide bonds. The van der Waals surface area contributed by atoms with Crippen molar-refractivity contribution < 1.29 is 0 Å². The minimum Gasteiger partial charge on any atom is -0.316 e. The van der Waals surface area contributed by atoms with Gasteiger partial charge in [-0.2, -0.15) is 0 Å². The van der Waals surface area contributed by atoms with Gasteiger partial charge >= 0.3 is 0 Å². The topological polar surface area (TPSA) is 18.5 Å². The second kappa shape index (κ2) is 3.94. The van der Waals surface area contributed by atoms with Crippen LogP contribution in [0.2, 0.25) is 0 Å². The van der Waals surface area contributed by atoms with Crippen molar-refractivity contribution in [1.29, 1.82) is 0 Å². The van der Waals surface area contributed by atoms with Crippen molar-refractivity contribution in [2.24, 2.45) is 11.8 Å². The molecule has 4 unspecified atom stereocenters. The standard InChI is InChI=1S/C14H25N3/c1-10-4-14(9-17(10)13-2-3-13)16-7-11-5-15-6-12(11)8-16/h10-15H,2-9H2,1H3. The molecule has 0 aromatic heterocycles. The predicted octanol–water partition coefficient (Wildman–Crippen LogP) is 0.763. The third kappa shape index (κ3) is 1.83. The molecule has 17 heavy (non-hydrogen) atoms. The Labute approximate surface area is 105 Å². The number of rotatable bonds is 2. The van der Waals surface area contributed by atoms with Gasteiger partial charge in [0.25, 0.3) is 0 Å². The Balaban J connectivity index is 1.40. The smallest absolute Gasteiger partial charge is 0.0238 e. The van der Waals surface area contributed by atoms with E-state index in [0.29, 0.717) is 0 Å². The average Bonchev–Trinajstić information content (AvgIpc) is 2.74. The summed E-state index contributed by atoms with van der Waals surface area (Å²) in [6.07, 6.45) is 4.35. The Morgan fingerprint density at radius 3 is 2.29 bits per heavy atom. The Kier molecular flexibility index (Phi) is 2.50. The molecular formula is C14H25N3. The van der Waals surface area contributed by atoms with Gasteiger partial charge in [-0.1, -0.05) is 0 Å². The zero-order chi connectivity index (χ0) is 11.4. The largest absolute Gasteiger partial charge is 0.316 e. The summed E-state index contributed by atoms with van der Waals surface area (Å²) in [4.78, 5) is 5.60. The molecule has 4 aliphatic rings. The molecule has 0 bridgehead atoms. The lowest BCUT2D eigenvalue weighted by Gasteiger charge is -2.25. The molecule has 3 saturated heterocycles. The van der Waals surface area contributed by atoms with Crippen molar-refractivity contribution in [3.05, 3.63) is 0 Å². The van der Waals surface area contributed by atoms with E-state index in [1.165, 1.54) is 52.0 Å². The number of fused-ring (bicyclic) bond motifs is 1. The highest BCUT2D eigenvalue weighted by atomic mass is 15.3. The first-order chi connectivity index (χ1) is 8.31. The summed E-state index contributed by atoms with van der Waals surface area (Å²) in [6, 6.07) is 2.67. The second-order valence-corrected chi connectivity index (χ2v) is 6.80. The molecule has 4 rings (SSSR count). The number of nitrogens with zero attached hydrogens (tertiary/aromatic N) is 2. The van der Waals surface area contributed by atoms with Crippen LogP contribution < -0.4 is 5.32 Å². The molecule has 4 fully saturated rings. The number of hydrogen-bond donors (Lipinski definition) is 1. The maximum Gasteiger partial charge on any atom is 0.0238 e. The Morgan fingerprint density at radius 1 is 0.941 bits per heavy atom. The molecule has 0 spiro atoms. The van der Waals surface area contributed by atoms with Gasteiger partial charge in [0.15, 0.2) is 0 Å². The van der Waals surface area contributed by atoms with Crippen LogP contribution in [-0.2, 0) is 0 Å². The van der Waals surface area contributed by atoms with Gasteiger partial charge in [0.1, 0.15) is 0 Å². The van der Waals surface area contributed by atoms with E-state index in [0.717, 1.165) is 30.0 Å². The van der Waals surface area contributed by atoms with Gasteiger partial charge in [-0.15, -0.1) is 0 Å². The van der Waals surface area contributed by atoms with Crippen LogP contribution in [0, 0.1) is 11.8 Å². The average molecular weight is 235 g/mol. The van der Waals surface area contributed by atoms with Gasteiger partial charge in [0, 0.05) is 37.8 Å². The van der Waals surface area contributed by atoms with Crippen molar-refractivity contribution in [1.82, 2.24) is 15.1 Å². The van der Waals surface area contributed by atoms with Crippen LogP contribution in [0.3, 0.4) is 0 Å². The summed E-state index contributed by atoms with van der Waals surface area (Å²) < 4.78 is 0. The highest BCUT2D eigenvalue weighted by Crippen LogP contribution is 2.37. The van der Waals surface area contributed by atoms with E-state index in [1.54, 1.807) is 0 Å². The van der Waals surface area contributed by atoms with E-state index >= 15 is 0 Å². The van der Waals surface area contributed by atoms with E-state index in [2.05, 4.69) is 22.0 Å². The van der Waals surface area contributed by atoms with Gasteiger partial charge < -0.3 is 5.32 Å². The van der Waals surface area contributed by atoms with Crippen molar-refractivity contribution >= 4 is 0 Å². The Bertz CT molecular complexity index is 290. The van der Waals surface area contributed by atoms with E-state index < -0.39 is 0 Å². The molecule has 1 N–H and O–H groups in total. The molecule has 0 aromatic carbocycles. The number of nitrogens with one attached hydrogen (secondary N) is 1. The minimum absolute atomic E-state index is 0.839. The van der Waals surface area contributed by atoms with E-state index in [9.17, 15) is 0 Å². The molecule has 0 radical (unpaired) electrons. The van der Waals surface area contributed by atoms with Gasteiger partial charge in [-0.3, -0.25) is 9.80 Å². The summed E-state index contributed by atoms with van der Waals surface area (Å²) in [5.74, 6) is 1.92.